The van der Waals surface area contributed by atoms with Gasteiger partial charge >= 0.3 is 5.69 Å². The zero-order valence-electron chi connectivity index (χ0n) is 14.5. The van der Waals surface area contributed by atoms with E-state index < -0.39 is 16.4 Å². The third-order valence-electron chi connectivity index (χ3n) is 4.50. The minimum atomic E-state index is -0.670. The van der Waals surface area contributed by atoms with Crippen molar-refractivity contribution in [2.24, 2.45) is 0 Å². The van der Waals surface area contributed by atoms with Gasteiger partial charge in [0.05, 0.1) is 34.4 Å². The first kappa shape index (κ1) is 18.7. The van der Waals surface area contributed by atoms with Crippen molar-refractivity contribution in [3.8, 4) is 11.8 Å². The van der Waals surface area contributed by atoms with E-state index in [1.165, 1.54) is 13.2 Å². The number of rotatable bonds is 4. The summed E-state index contributed by atoms with van der Waals surface area (Å²) in [5.41, 5.74) is 1.15. The summed E-state index contributed by atoms with van der Waals surface area (Å²) in [6, 6.07) is 9.56. The number of nitro benzene ring substituents is 1. The van der Waals surface area contributed by atoms with Crippen LogP contribution in [-0.2, 0) is 0 Å². The van der Waals surface area contributed by atoms with Gasteiger partial charge in [-0.25, -0.2) is 4.39 Å². The van der Waals surface area contributed by atoms with E-state index in [0.717, 1.165) is 11.8 Å². The van der Waals surface area contributed by atoms with Crippen LogP contribution in [0, 0.1) is 27.3 Å². The number of hydrogen-bond acceptors (Lipinski definition) is 6. The molecule has 1 heterocycles. The second-order valence-corrected chi connectivity index (χ2v) is 6.39. The fraction of sp³-hybridized carbons (Fsp3) is 0.278. The Morgan fingerprint density at radius 1 is 1.22 bits per heavy atom. The molecule has 0 amide bonds. The molecule has 0 N–H and O–H groups in total. The number of nitrogens with zero attached hydrogens (tertiary/aromatic N) is 4. The molecule has 0 unspecified atom stereocenters. The largest absolute Gasteiger partial charge is 0.490 e. The Labute approximate surface area is 160 Å². The predicted molar refractivity (Wildman–Crippen MR) is 100 cm³/mol. The number of methoxy groups -OCH3 is 1. The second-order valence-electron chi connectivity index (χ2n) is 5.98. The molecule has 0 radical (unpaired) electrons. The van der Waals surface area contributed by atoms with Crippen molar-refractivity contribution in [1.82, 2.24) is 0 Å². The van der Waals surface area contributed by atoms with Crippen molar-refractivity contribution in [1.29, 1.82) is 5.26 Å². The average molecular weight is 391 g/mol. The van der Waals surface area contributed by atoms with Crippen molar-refractivity contribution >= 4 is 28.7 Å². The van der Waals surface area contributed by atoms with Crippen molar-refractivity contribution in [2.75, 3.05) is 43.1 Å². The molecule has 9 heteroatoms. The second kappa shape index (κ2) is 7.68. The van der Waals surface area contributed by atoms with Crippen LogP contribution in [0.15, 0.2) is 30.3 Å². The predicted octanol–water partition coefficient (Wildman–Crippen LogP) is 3.59. The first-order chi connectivity index (χ1) is 12.9. The van der Waals surface area contributed by atoms with Crippen LogP contribution in [-0.4, -0.2) is 38.2 Å². The van der Waals surface area contributed by atoms with Gasteiger partial charge in [-0.2, -0.15) is 5.26 Å². The van der Waals surface area contributed by atoms with Gasteiger partial charge in [-0.3, -0.25) is 10.1 Å². The Hall–Kier alpha value is -3.05. The lowest BCUT2D eigenvalue weighted by molar-refractivity contribution is -0.385. The smallest absolute Gasteiger partial charge is 0.313 e. The average Bonchev–Trinajstić information content (AvgIpc) is 2.68. The minimum Gasteiger partial charge on any atom is -0.490 e. The van der Waals surface area contributed by atoms with Crippen LogP contribution in [0.4, 0.5) is 21.5 Å². The molecular weight excluding hydrogens is 375 g/mol. The third kappa shape index (κ3) is 3.73. The quantitative estimate of drug-likeness (QED) is 0.586. The fourth-order valence-electron chi connectivity index (χ4n) is 3.08. The van der Waals surface area contributed by atoms with E-state index >= 15 is 0 Å². The molecule has 7 nitrogen and oxygen atoms in total. The summed E-state index contributed by atoms with van der Waals surface area (Å²) in [7, 11) is 1.31. The maximum Gasteiger partial charge on any atom is 0.313 e. The number of nitro groups is 1. The molecule has 1 fully saturated rings. The highest BCUT2D eigenvalue weighted by atomic mass is 35.5. The van der Waals surface area contributed by atoms with Gasteiger partial charge in [0.1, 0.15) is 6.07 Å². The number of nitriles is 1. The van der Waals surface area contributed by atoms with Crippen LogP contribution < -0.4 is 14.5 Å². The molecule has 0 aromatic heterocycles. The van der Waals surface area contributed by atoms with Crippen molar-refractivity contribution in [3.63, 3.8) is 0 Å². The summed E-state index contributed by atoms with van der Waals surface area (Å²) in [4.78, 5) is 14.2. The molecule has 0 bridgehead atoms. The maximum absolute atomic E-state index is 14.4. The Kier molecular flexibility index (Phi) is 5.33. The molecule has 27 heavy (non-hydrogen) atoms. The SMILES string of the molecule is COc1cc(N2CCN(c3ccc(Cl)c(C#N)c3)CC2)c(F)cc1[N+](=O)[O-]. The first-order valence-corrected chi connectivity index (χ1v) is 8.54. The summed E-state index contributed by atoms with van der Waals surface area (Å²) < 4.78 is 19.4. The summed E-state index contributed by atoms with van der Waals surface area (Å²) >= 11 is 5.97. The van der Waals surface area contributed by atoms with Gasteiger partial charge in [0.2, 0.25) is 0 Å². The number of halogens is 2. The van der Waals surface area contributed by atoms with Crippen LogP contribution in [0.2, 0.25) is 5.02 Å². The van der Waals surface area contributed by atoms with Crippen LogP contribution in [0.5, 0.6) is 5.75 Å². The zero-order valence-corrected chi connectivity index (χ0v) is 15.2. The van der Waals surface area contributed by atoms with Gasteiger partial charge in [0, 0.05) is 37.9 Å². The molecular formula is C18H16ClFN4O3. The molecule has 0 spiro atoms. The lowest BCUT2D eigenvalue weighted by atomic mass is 10.1. The van der Waals surface area contributed by atoms with Crippen LogP contribution in [0.25, 0.3) is 0 Å². The monoisotopic (exact) mass is 390 g/mol. The first-order valence-electron chi connectivity index (χ1n) is 8.16. The number of anilines is 2. The standard InChI is InChI=1S/C18H16ClFN4O3/c1-27-18-10-16(15(20)9-17(18)24(25)26)23-6-4-22(5-7-23)13-2-3-14(19)12(8-13)11-21/h2-3,8-10H,4-7H2,1H3. The van der Waals surface area contributed by atoms with Crippen molar-refractivity contribution in [3.05, 3.63) is 56.8 Å². The van der Waals surface area contributed by atoms with Crippen LogP contribution in [0.3, 0.4) is 0 Å². The number of ether oxygens (including phenoxy) is 1. The third-order valence-corrected chi connectivity index (χ3v) is 4.83. The molecule has 2 aromatic carbocycles. The lowest BCUT2D eigenvalue weighted by Gasteiger charge is -2.37. The zero-order chi connectivity index (χ0) is 19.6. The summed E-state index contributed by atoms with van der Waals surface area (Å²) in [6.07, 6.45) is 0. The van der Waals surface area contributed by atoms with Gasteiger partial charge < -0.3 is 14.5 Å². The normalized spacial score (nSPS) is 14.0. The van der Waals surface area contributed by atoms with Gasteiger partial charge in [0.15, 0.2) is 11.6 Å². The number of hydrogen-bond donors (Lipinski definition) is 0. The Bertz CT molecular complexity index is 924. The Balaban J connectivity index is 1.78. The number of piperazine rings is 1. The highest BCUT2D eigenvalue weighted by Crippen LogP contribution is 2.35. The van der Waals surface area contributed by atoms with Gasteiger partial charge in [-0.15, -0.1) is 0 Å². The minimum absolute atomic E-state index is 0.0233. The number of benzene rings is 2. The maximum atomic E-state index is 14.4. The summed E-state index contributed by atoms with van der Waals surface area (Å²) in [5.74, 6) is -0.635. The highest BCUT2D eigenvalue weighted by molar-refractivity contribution is 6.31. The van der Waals surface area contributed by atoms with E-state index in [2.05, 4.69) is 11.0 Å². The van der Waals surface area contributed by atoms with E-state index in [-0.39, 0.29) is 11.4 Å². The lowest BCUT2D eigenvalue weighted by Crippen LogP contribution is -2.46. The molecule has 2 aromatic rings. The molecule has 1 aliphatic rings. The van der Waals surface area contributed by atoms with Gasteiger partial charge in [0.25, 0.3) is 0 Å². The van der Waals surface area contributed by atoms with Gasteiger partial charge in [-0.05, 0) is 18.2 Å². The Morgan fingerprint density at radius 3 is 2.48 bits per heavy atom. The summed E-state index contributed by atoms with van der Waals surface area (Å²) in [6.45, 7) is 2.24. The van der Waals surface area contributed by atoms with E-state index in [0.29, 0.717) is 36.8 Å². The molecule has 1 saturated heterocycles. The highest BCUT2D eigenvalue weighted by Gasteiger charge is 2.25. The molecule has 1 aliphatic heterocycles. The summed E-state index contributed by atoms with van der Waals surface area (Å²) in [5, 5.41) is 20.5. The molecule has 0 saturated carbocycles. The fourth-order valence-corrected chi connectivity index (χ4v) is 3.24. The van der Waals surface area contributed by atoms with Crippen molar-refractivity contribution < 1.29 is 14.1 Å². The molecule has 0 atom stereocenters. The molecule has 3 rings (SSSR count). The van der Waals surface area contributed by atoms with E-state index in [1.807, 2.05) is 11.0 Å². The Morgan fingerprint density at radius 2 is 1.89 bits per heavy atom. The van der Waals surface area contributed by atoms with E-state index in [4.69, 9.17) is 21.6 Å². The van der Waals surface area contributed by atoms with Crippen molar-refractivity contribution in [2.45, 2.75) is 0 Å². The van der Waals surface area contributed by atoms with E-state index in [1.54, 1.807) is 12.1 Å². The van der Waals surface area contributed by atoms with E-state index in [9.17, 15) is 14.5 Å². The topological polar surface area (TPSA) is 82.6 Å². The molecule has 140 valence electrons. The van der Waals surface area contributed by atoms with Gasteiger partial charge in [-0.1, -0.05) is 11.6 Å². The van der Waals surface area contributed by atoms with Crippen LogP contribution in [0.1, 0.15) is 5.56 Å². The van der Waals surface area contributed by atoms with Crippen LogP contribution >= 0.6 is 11.6 Å². The molecule has 0 aliphatic carbocycles.